The Bertz CT molecular complexity index is 5680. The Balaban J connectivity index is 0.000000127. The normalized spacial score (nSPS) is 13.1. The van der Waals surface area contributed by atoms with Crippen LogP contribution < -0.4 is 0 Å². The topological polar surface area (TPSA) is 227 Å². The van der Waals surface area contributed by atoms with Crippen molar-refractivity contribution in [3.05, 3.63) is 240 Å². The molecule has 29 heteroatoms. The molecule has 0 saturated carbocycles. The smallest absolute Gasteiger partial charge is 0.361 e. The summed E-state index contributed by atoms with van der Waals surface area (Å²) < 4.78 is 116. The van der Waals surface area contributed by atoms with E-state index in [-0.39, 0.29) is 20.7 Å². The van der Waals surface area contributed by atoms with Crippen LogP contribution in [-0.4, -0.2) is 79.0 Å². The third-order valence-electron chi connectivity index (χ3n) is 18.3. The van der Waals surface area contributed by atoms with Crippen molar-refractivity contribution in [2.45, 2.75) is 113 Å². The second-order valence-corrected chi connectivity index (χ2v) is 28.7. The monoisotopic (exact) mass is 1760 g/mol. The highest BCUT2D eigenvalue weighted by molar-refractivity contribution is 14.1. The van der Waals surface area contributed by atoms with Gasteiger partial charge < -0.3 is 31.8 Å². The fourth-order valence-electron chi connectivity index (χ4n) is 13.5. The zero-order valence-electron chi connectivity index (χ0n) is 58.5. The number of aryl methyl sites for hydroxylation is 9. The summed E-state index contributed by atoms with van der Waals surface area (Å²) in [5, 5.41) is 20.1. The van der Waals surface area contributed by atoms with Gasteiger partial charge in [0, 0.05) is 122 Å². The Kier molecular flexibility index (Phi) is 20.8. The minimum Gasteiger partial charge on any atom is -0.361 e. The predicted molar refractivity (Wildman–Crippen MR) is 411 cm³/mol. The van der Waals surface area contributed by atoms with Gasteiger partial charge in [-0.1, -0.05) is 44.9 Å². The lowest BCUT2D eigenvalue weighted by Crippen LogP contribution is -2.19. The summed E-state index contributed by atoms with van der Waals surface area (Å²) >= 11 is 6.39. The highest BCUT2D eigenvalue weighted by Crippen LogP contribution is 2.48. The second kappa shape index (κ2) is 29.6. The molecular formula is C76H65F6I3N16O4. The van der Waals surface area contributed by atoms with Crippen molar-refractivity contribution >= 4 is 104 Å². The summed E-state index contributed by atoms with van der Waals surface area (Å²) in [5.41, 5.74) is 16.6. The van der Waals surface area contributed by atoms with Crippen molar-refractivity contribution < 1.29 is 44.4 Å². The van der Waals surface area contributed by atoms with E-state index in [2.05, 4.69) is 143 Å². The van der Waals surface area contributed by atoms with E-state index in [9.17, 15) is 26.3 Å². The highest BCUT2D eigenvalue weighted by atomic mass is 127. The lowest BCUT2D eigenvalue weighted by Gasteiger charge is -2.20. The molecule has 0 aromatic carbocycles. The van der Waals surface area contributed by atoms with Crippen molar-refractivity contribution in [1.29, 1.82) is 0 Å². The number of alkyl halides is 6. The quantitative estimate of drug-likeness (QED) is 0.0866. The van der Waals surface area contributed by atoms with E-state index >= 15 is 0 Å². The number of rotatable bonds is 11. The molecule has 15 aromatic heterocycles. The van der Waals surface area contributed by atoms with Crippen LogP contribution in [0.4, 0.5) is 26.3 Å². The van der Waals surface area contributed by atoms with Crippen molar-refractivity contribution in [1.82, 2.24) is 79.0 Å². The summed E-state index contributed by atoms with van der Waals surface area (Å²) in [5.74, 6) is 2.82. The van der Waals surface area contributed by atoms with Gasteiger partial charge in [-0.2, -0.15) is 31.4 Å². The van der Waals surface area contributed by atoms with E-state index in [4.69, 9.17) is 23.1 Å². The van der Waals surface area contributed by atoms with Gasteiger partial charge in [0.05, 0.1) is 99.1 Å². The SMILES string of the molecule is Cc1noc(C)c1-c1cnc2c(-c3cnn(C)c3)c(C(F)(F)F)n([C@@H](C)c3ccccn3)c2c1.Cc1noc(C)c1-c1cnc2c(I)c(C(F)(F)F)n([C@@H](C)c3ccccn3)c2c1.Cc1noc(C)c1-c1cnc2c(I)cn([C@@H](C)c3ccccn3)c2c1.Cc1noc(C)c1-c1cnc2c(c1)CC=C2I. The molecule has 0 spiro atoms. The summed E-state index contributed by atoms with van der Waals surface area (Å²) in [6.07, 6.45) is 11.0. The summed E-state index contributed by atoms with van der Waals surface area (Å²) in [7, 11) is 1.66. The molecule has 536 valence electrons. The van der Waals surface area contributed by atoms with Crippen LogP contribution in [0.1, 0.15) is 124 Å². The second-order valence-electron chi connectivity index (χ2n) is 25.3. The molecule has 0 amide bonds. The van der Waals surface area contributed by atoms with Crippen LogP contribution in [0.5, 0.6) is 0 Å². The standard InChI is InChI=1S/C24H21F3N6O.C20H16F3IN4O.C19H17IN4O.C13H11IN2O/c1-13-20(15(3)34-31-13)16-9-19-22(29-10-16)21(17-11-30-32(4)12-17)23(24(25,26)27)33(19)14(2)18-7-5-6-8-28-18;1-10-16(12(3)29-27-10)13-8-15-18(26-9-13)17(24)19(20(21,22)23)28(15)11(2)14-6-4-5-7-25-14;1-11-18(13(3)25-23-11)14-8-17-19(22-9-14)15(20)10-24(17)12(2)16-6-4-5-7-21-16;1-7-12(8(2)17-16-7)10-5-9-3-4-11(14)13(9)15-6-10/h5-12,14H,1-4H3;4-9,11H,1-3H3;4-10,12H,1-3H3;4-6H,3H2,1-2H3/t14-;11-;12-;/m000./s1. The largest absolute Gasteiger partial charge is 0.432 e. The van der Waals surface area contributed by atoms with Crippen LogP contribution in [0.2, 0.25) is 0 Å². The number of nitrogens with zero attached hydrogens (tertiary/aromatic N) is 16. The highest BCUT2D eigenvalue weighted by Gasteiger charge is 2.43. The summed E-state index contributed by atoms with van der Waals surface area (Å²) in [6, 6.07) is 23.0. The van der Waals surface area contributed by atoms with Crippen LogP contribution in [0.15, 0.2) is 165 Å². The van der Waals surface area contributed by atoms with Crippen molar-refractivity contribution in [3.8, 4) is 55.6 Å². The van der Waals surface area contributed by atoms with Gasteiger partial charge in [-0.05, 0) is 217 Å². The maximum absolute atomic E-state index is 14.7. The summed E-state index contributed by atoms with van der Waals surface area (Å²) in [4.78, 5) is 31.2. The predicted octanol–water partition coefficient (Wildman–Crippen LogP) is 20.3. The number of aromatic nitrogens is 16. The van der Waals surface area contributed by atoms with Gasteiger partial charge in [0.2, 0.25) is 0 Å². The Morgan fingerprint density at radius 3 is 1.27 bits per heavy atom. The molecule has 0 saturated heterocycles. The van der Waals surface area contributed by atoms with E-state index in [0.717, 1.165) is 83.1 Å². The first-order valence-corrected chi connectivity index (χ1v) is 36.2. The molecule has 15 aromatic rings. The number of allylic oxidation sites excluding steroid dienone is 1. The van der Waals surface area contributed by atoms with Gasteiger partial charge in [-0.25, -0.2) is 0 Å². The van der Waals surface area contributed by atoms with Crippen LogP contribution in [0.25, 0.3) is 92.3 Å². The molecule has 0 N–H and O–H groups in total. The van der Waals surface area contributed by atoms with E-state index in [1.807, 2.05) is 58.4 Å². The zero-order valence-corrected chi connectivity index (χ0v) is 65.0. The number of halogens is 9. The molecule has 105 heavy (non-hydrogen) atoms. The number of pyridine rings is 7. The van der Waals surface area contributed by atoms with Crippen molar-refractivity contribution in [2.75, 3.05) is 0 Å². The van der Waals surface area contributed by atoms with E-state index in [0.29, 0.717) is 73.1 Å². The Hall–Kier alpha value is -9.77. The average molecular weight is 1760 g/mol. The van der Waals surface area contributed by atoms with Gasteiger partial charge in [-0.3, -0.25) is 39.6 Å². The van der Waals surface area contributed by atoms with E-state index in [1.54, 1.807) is 151 Å². The van der Waals surface area contributed by atoms with Crippen LogP contribution in [0, 0.1) is 62.5 Å². The maximum Gasteiger partial charge on any atom is 0.432 e. The maximum atomic E-state index is 14.7. The fraction of sp³-hybridized carbons (Fsp3) is 0.237. The van der Waals surface area contributed by atoms with Gasteiger partial charge in [-0.15, -0.1) is 0 Å². The molecule has 0 unspecified atom stereocenters. The van der Waals surface area contributed by atoms with E-state index in [1.165, 1.54) is 29.2 Å². The third-order valence-corrected chi connectivity index (χ3v) is 21.1. The molecule has 0 radical (unpaired) electrons. The minimum absolute atomic E-state index is 0.0105. The molecule has 0 aliphatic heterocycles. The molecule has 20 nitrogen and oxygen atoms in total. The molecule has 16 rings (SSSR count). The van der Waals surface area contributed by atoms with Crippen molar-refractivity contribution in [3.63, 3.8) is 0 Å². The number of hydrogen-bond acceptors (Lipinski definition) is 16. The number of fused-ring (bicyclic) bond motifs is 4. The first-order valence-electron chi connectivity index (χ1n) is 32.9. The van der Waals surface area contributed by atoms with E-state index < -0.39 is 35.8 Å². The Labute approximate surface area is 638 Å². The first kappa shape index (κ1) is 73.5. The molecule has 3 atom stereocenters. The lowest BCUT2D eigenvalue weighted by atomic mass is 10.0. The van der Waals surface area contributed by atoms with Crippen LogP contribution in [0.3, 0.4) is 0 Å². The summed E-state index contributed by atoms with van der Waals surface area (Å²) in [6.45, 7) is 20.4. The Morgan fingerprint density at radius 2 is 0.848 bits per heavy atom. The minimum atomic E-state index is -4.65. The molecule has 1 aliphatic carbocycles. The number of hydrogen-bond donors (Lipinski definition) is 0. The molecule has 0 fully saturated rings. The van der Waals surface area contributed by atoms with Gasteiger partial charge >= 0.3 is 12.4 Å². The average Bonchev–Trinajstić information content (AvgIpc) is 1.57. The van der Waals surface area contributed by atoms with Gasteiger partial charge in [0.15, 0.2) is 0 Å². The molecule has 0 bridgehead atoms. The molecule has 1 aliphatic rings. The molecule has 15 heterocycles. The van der Waals surface area contributed by atoms with Gasteiger partial charge in [0.25, 0.3) is 0 Å². The van der Waals surface area contributed by atoms with Crippen LogP contribution in [-0.2, 0) is 25.8 Å². The van der Waals surface area contributed by atoms with Gasteiger partial charge in [0.1, 0.15) is 45.5 Å². The zero-order chi connectivity index (χ0) is 74.7. The van der Waals surface area contributed by atoms with Crippen LogP contribution >= 0.6 is 67.8 Å². The first-order chi connectivity index (χ1) is 50.1. The third kappa shape index (κ3) is 14.4. The lowest BCUT2D eigenvalue weighted by molar-refractivity contribution is -0.144. The van der Waals surface area contributed by atoms with Crippen molar-refractivity contribution in [2.24, 2.45) is 7.05 Å². The molecular weight excluding hydrogens is 1700 g/mol. The Morgan fingerprint density at radius 1 is 0.438 bits per heavy atom. The fourth-order valence-corrected chi connectivity index (χ4v) is 15.9.